The highest BCUT2D eigenvalue weighted by atomic mass is 16.5. The maximum absolute atomic E-state index is 12.3. The zero-order chi connectivity index (χ0) is 14.0. The third-order valence-electron chi connectivity index (χ3n) is 3.01. The minimum absolute atomic E-state index is 0.160. The molecule has 0 fully saturated rings. The molecule has 0 saturated carbocycles. The molecule has 1 heterocycles. The first-order valence-corrected chi connectivity index (χ1v) is 5.98. The van der Waals surface area contributed by atoms with E-state index < -0.39 is 0 Å². The highest BCUT2D eigenvalue weighted by molar-refractivity contribution is 6.05. The van der Waals surface area contributed by atoms with Gasteiger partial charge in [-0.15, -0.1) is 0 Å². The third kappa shape index (κ3) is 2.59. The fourth-order valence-electron chi connectivity index (χ4n) is 1.99. The predicted octanol–water partition coefficient (Wildman–Crippen LogP) is 2.30. The third-order valence-corrected chi connectivity index (χ3v) is 3.01. The van der Waals surface area contributed by atoms with Crippen LogP contribution in [0.25, 0.3) is 0 Å². The molecule has 1 aromatic heterocycles. The Morgan fingerprint density at radius 2 is 2.11 bits per heavy atom. The lowest BCUT2D eigenvalue weighted by atomic mass is 10.1. The SMILES string of the molecule is COc1cccc(C(=O)Nc2cn(C)nc2C)c1C. The average molecular weight is 259 g/mol. The van der Waals surface area contributed by atoms with Gasteiger partial charge < -0.3 is 10.1 Å². The van der Waals surface area contributed by atoms with Crippen molar-refractivity contribution in [1.29, 1.82) is 0 Å². The highest BCUT2D eigenvalue weighted by Crippen LogP contribution is 2.22. The first kappa shape index (κ1) is 13.1. The van der Waals surface area contributed by atoms with Crippen LogP contribution in [0.5, 0.6) is 5.75 Å². The number of carbonyl (C=O) groups excluding carboxylic acids is 1. The van der Waals surface area contributed by atoms with Gasteiger partial charge >= 0.3 is 0 Å². The second kappa shape index (κ2) is 5.14. The quantitative estimate of drug-likeness (QED) is 0.920. The number of anilines is 1. The molecule has 0 bridgehead atoms. The van der Waals surface area contributed by atoms with Crippen molar-refractivity contribution in [2.24, 2.45) is 7.05 Å². The van der Waals surface area contributed by atoms with E-state index in [1.807, 2.05) is 27.0 Å². The maximum atomic E-state index is 12.3. The van der Waals surface area contributed by atoms with Crippen molar-refractivity contribution in [2.45, 2.75) is 13.8 Å². The zero-order valence-corrected chi connectivity index (χ0v) is 11.5. The number of nitrogens with zero attached hydrogens (tertiary/aromatic N) is 2. The molecule has 19 heavy (non-hydrogen) atoms. The average Bonchev–Trinajstić information content (AvgIpc) is 2.68. The number of aryl methyl sites for hydroxylation is 2. The number of hydrogen-bond acceptors (Lipinski definition) is 3. The van der Waals surface area contributed by atoms with Gasteiger partial charge in [0.2, 0.25) is 0 Å². The summed E-state index contributed by atoms with van der Waals surface area (Å²) in [6.45, 7) is 3.72. The number of rotatable bonds is 3. The van der Waals surface area contributed by atoms with E-state index in [0.29, 0.717) is 11.3 Å². The second-order valence-corrected chi connectivity index (χ2v) is 4.39. The van der Waals surface area contributed by atoms with Gasteiger partial charge in [-0.3, -0.25) is 9.48 Å². The molecule has 0 unspecified atom stereocenters. The van der Waals surface area contributed by atoms with Gasteiger partial charge in [-0.25, -0.2) is 0 Å². The van der Waals surface area contributed by atoms with Gasteiger partial charge in [0.15, 0.2) is 0 Å². The first-order valence-electron chi connectivity index (χ1n) is 5.98. The van der Waals surface area contributed by atoms with Crippen molar-refractivity contribution < 1.29 is 9.53 Å². The van der Waals surface area contributed by atoms with Crippen LogP contribution in [0, 0.1) is 13.8 Å². The molecule has 2 rings (SSSR count). The summed E-state index contributed by atoms with van der Waals surface area (Å²) in [6, 6.07) is 5.41. The number of nitrogens with one attached hydrogen (secondary N) is 1. The summed E-state index contributed by atoms with van der Waals surface area (Å²) < 4.78 is 6.89. The Labute approximate surface area is 112 Å². The number of carbonyl (C=O) groups is 1. The summed E-state index contributed by atoms with van der Waals surface area (Å²) in [7, 11) is 3.41. The molecule has 0 aliphatic carbocycles. The Morgan fingerprint density at radius 3 is 2.68 bits per heavy atom. The lowest BCUT2D eigenvalue weighted by Crippen LogP contribution is -2.14. The summed E-state index contributed by atoms with van der Waals surface area (Å²) in [5.74, 6) is 0.544. The number of ether oxygens (including phenoxy) is 1. The van der Waals surface area contributed by atoms with Crippen molar-refractivity contribution in [1.82, 2.24) is 9.78 Å². The molecule has 100 valence electrons. The lowest BCUT2D eigenvalue weighted by Gasteiger charge is -2.10. The number of hydrogen-bond donors (Lipinski definition) is 1. The van der Waals surface area contributed by atoms with E-state index in [-0.39, 0.29) is 5.91 Å². The van der Waals surface area contributed by atoms with E-state index in [1.54, 1.807) is 30.1 Å². The molecular weight excluding hydrogens is 242 g/mol. The first-order chi connectivity index (χ1) is 9.02. The second-order valence-electron chi connectivity index (χ2n) is 4.39. The molecule has 1 aromatic carbocycles. The molecule has 0 radical (unpaired) electrons. The van der Waals surface area contributed by atoms with Gasteiger partial charge in [-0.05, 0) is 26.0 Å². The fourth-order valence-corrected chi connectivity index (χ4v) is 1.99. The number of aromatic nitrogens is 2. The van der Waals surface area contributed by atoms with Crippen molar-refractivity contribution in [3.05, 3.63) is 41.2 Å². The lowest BCUT2D eigenvalue weighted by molar-refractivity contribution is 0.102. The van der Waals surface area contributed by atoms with Gasteiger partial charge in [-0.2, -0.15) is 5.10 Å². The molecule has 0 aliphatic rings. The standard InChI is InChI=1S/C14H17N3O2/c1-9-11(6-5-7-13(9)19-4)14(18)15-12-8-17(3)16-10(12)2/h5-8H,1-4H3,(H,15,18). The monoisotopic (exact) mass is 259 g/mol. The van der Waals surface area contributed by atoms with Crippen molar-refractivity contribution in [3.8, 4) is 5.75 Å². The van der Waals surface area contributed by atoms with Crippen LogP contribution in [0.15, 0.2) is 24.4 Å². The molecular formula is C14H17N3O2. The summed E-state index contributed by atoms with van der Waals surface area (Å²) in [4.78, 5) is 12.3. The fraction of sp³-hybridized carbons (Fsp3) is 0.286. The minimum atomic E-state index is -0.160. The van der Waals surface area contributed by atoms with E-state index in [2.05, 4.69) is 10.4 Å². The molecule has 5 heteroatoms. The van der Waals surface area contributed by atoms with E-state index >= 15 is 0 Å². The van der Waals surface area contributed by atoms with Gasteiger partial charge in [0.1, 0.15) is 5.75 Å². The maximum Gasteiger partial charge on any atom is 0.256 e. The van der Waals surface area contributed by atoms with Crippen molar-refractivity contribution in [2.75, 3.05) is 12.4 Å². The van der Waals surface area contributed by atoms with Crippen LogP contribution in [0.4, 0.5) is 5.69 Å². The highest BCUT2D eigenvalue weighted by Gasteiger charge is 2.14. The molecule has 0 saturated heterocycles. The summed E-state index contributed by atoms with van der Waals surface area (Å²) in [6.07, 6.45) is 1.78. The smallest absolute Gasteiger partial charge is 0.256 e. The van der Waals surface area contributed by atoms with Gasteiger partial charge in [-0.1, -0.05) is 6.07 Å². The van der Waals surface area contributed by atoms with Crippen LogP contribution in [-0.4, -0.2) is 22.8 Å². The summed E-state index contributed by atoms with van der Waals surface area (Å²) in [5.41, 5.74) is 2.93. The van der Waals surface area contributed by atoms with Crippen molar-refractivity contribution in [3.63, 3.8) is 0 Å². The van der Waals surface area contributed by atoms with E-state index in [0.717, 1.165) is 16.9 Å². The Morgan fingerprint density at radius 1 is 1.37 bits per heavy atom. The van der Waals surface area contributed by atoms with Crippen LogP contribution in [0.1, 0.15) is 21.6 Å². The van der Waals surface area contributed by atoms with Crippen molar-refractivity contribution >= 4 is 11.6 Å². The molecule has 0 spiro atoms. The zero-order valence-electron chi connectivity index (χ0n) is 11.5. The molecule has 2 aromatic rings. The normalized spacial score (nSPS) is 10.3. The molecule has 0 atom stereocenters. The Hall–Kier alpha value is -2.30. The molecule has 1 N–H and O–H groups in total. The topological polar surface area (TPSA) is 56.1 Å². The summed E-state index contributed by atoms with van der Waals surface area (Å²) >= 11 is 0. The Kier molecular flexibility index (Phi) is 3.55. The molecule has 5 nitrogen and oxygen atoms in total. The molecule has 1 amide bonds. The van der Waals surface area contributed by atoms with Gasteiger partial charge in [0, 0.05) is 24.4 Å². The van der Waals surface area contributed by atoms with E-state index in [1.165, 1.54) is 0 Å². The van der Waals surface area contributed by atoms with Gasteiger partial charge in [0.05, 0.1) is 18.5 Å². The predicted molar refractivity (Wildman–Crippen MR) is 73.6 cm³/mol. The Bertz CT molecular complexity index is 617. The van der Waals surface area contributed by atoms with Crippen LogP contribution in [-0.2, 0) is 7.05 Å². The summed E-state index contributed by atoms with van der Waals surface area (Å²) in [5, 5.41) is 7.05. The van der Waals surface area contributed by atoms with Crippen LogP contribution < -0.4 is 10.1 Å². The van der Waals surface area contributed by atoms with Gasteiger partial charge in [0.25, 0.3) is 5.91 Å². The number of benzene rings is 1. The van der Waals surface area contributed by atoms with Crippen LogP contribution in [0.2, 0.25) is 0 Å². The van der Waals surface area contributed by atoms with Crippen LogP contribution in [0.3, 0.4) is 0 Å². The largest absolute Gasteiger partial charge is 0.496 e. The van der Waals surface area contributed by atoms with E-state index in [4.69, 9.17) is 4.74 Å². The minimum Gasteiger partial charge on any atom is -0.496 e. The Balaban J connectivity index is 2.28. The number of amides is 1. The number of methoxy groups -OCH3 is 1. The van der Waals surface area contributed by atoms with E-state index in [9.17, 15) is 4.79 Å². The molecule has 0 aliphatic heterocycles. The van der Waals surface area contributed by atoms with Crippen LogP contribution >= 0.6 is 0 Å².